The Balaban J connectivity index is 1.88. The molecule has 0 aliphatic carbocycles. The van der Waals surface area contributed by atoms with Crippen molar-refractivity contribution >= 4 is 17.9 Å². The molecule has 0 radical (unpaired) electrons. The van der Waals surface area contributed by atoms with Gasteiger partial charge in [-0.2, -0.15) is 0 Å². The Bertz CT molecular complexity index is 837. The van der Waals surface area contributed by atoms with Crippen molar-refractivity contribution in [3.63, 3.8) is 0 Å². The summed E-state index contributed by atoms with van der Waals surface area (Å²) in [5.41, 5.74) is 1.17. The van der Waals surface area contributed by atoms with Gasteiger partial charge in [0.05, 0.1) is 19.2 Å². The van der Waals surface area contributed by atoms with E-state index in [2.05, 4.69) is 4.98 Å². The van der Waals surface area contributed by atoms with E-state index in [1.54, 1.807) is 29.1 Å². The van der Waals surface area contributed by atoms with E-state index < -0.39 is 0 Å². The lowest BCUT2D eigenvalue weighted by Gasteiger charge is -2.38. The summed E-state index contributed by atoms with van der Waals surface area (Å²) in [6.07, 6.45) is 6.56. The highest BCUT2D eigenvalue weighted by Crippen LogP contribution is 2.28. The predicted octanol–water partition coefficient (Wildman–Crippen LogP) is 2.22. The third kappa shape index (κ3) is 5.48. The van der Waals surface area contributed by atoms with Crippen molar-refractivity contribution in [1.29, 1.82) is 0 Å². The molecule has 1 fully saturated rings. The van der Waals surface area contributed by atoms with Crippen LogP contribution in [0.5, 0.6) is 5.88 Å². The molecule has 3 rings (SSSR count). The molecule has 1 aromatic heterocycles. The Morgan fingerprint density at radius 2 is 2.12 bits per heavy atom. The first-order valence-electron chi connectivity index (χ1n) is 11.4. The van der Waals surface area contributed by atoms with Crippen LogP contribution in [0.2, 0.25) is 0 Å². The highest BCUT2D eigenvalue weighted by atomic mass is 16.5. The van der Waals surface area contributed by atoms with Crippen LogP contribution in [0.15, 0.2) is 18.3 Å². The number of aliphatic hydroxyl groups is 1. The maximum atomic E-state index is 13.3. The number of likely N-dealkylation sites (N-methyl/N-ethyl adjacent to an activating group) is 1. The quantitative estimate of drug-likeness (QED) is 0.722. The first-order chi connectivity index (χ1) is 15.3. The smallest absolute Gasteiger partial charge is 0.259 e. The van der Waals surface area contributed by atoms with Crippen LogP contribution in [-0.2, 0) is 9.53 Å². The fraction of sp³-hybridized carbons (Fsp3) is 0.625. The number of ether oxygens (including phenoxy) is 2. The van der Waals surface area contributed by atoms with Gasteiger partial charge < -0.3 is 24.4 Å². The van der Waals surface area contributed by atoms with Crippen LogP contribution in [0, 0.1) is 11.8 Å². The van der Waals surface area contributed by atoms with Crippen LogP contribution in [0.25, 0.3) is 6.08 Å². The summed E-state index contributed by atoms with van der Waals surface area (Å²) in [6, 6.07) is 1.43. The minimum Gasteiger partial charge on any atom is -0.472 e. The largest absolute Gasteiger partial charge is 0.472 e. The molecule has 0 aromatic carbocycles. The second-order valence-electron chi connectivity index (χ2n) is 8.85. The van der Waals surface area contributed by atoms with Crippen molar-refractivity contribution in [2.45, 2.75) is 45.8 Å². The molecule has 176 valence electrons. The Morgan fingerprint density at radius 1 is 1.41 bits per heavy atom. The standard InChI is InChI=1S/C24H35N3O5/c1-5-6-18-11-20-22(25-12-18)32-21(16(2)13-27(24(20)30)17(3)15-28)14-26(4)23(29)19-7-9-31-10-8-19/h5-6,11-12,16-17,19,21,28H,7-10,13-15H2,1-4H3/b6-5+/t16-,17-,21-/m0/s1. The second kappa shape index (κ2) is 10.9. The number of aliphatic hydroxyl groups excluding tert-OH is 1. The van der Waals surface area contributed by atoms with Crippen LogP contribution in [0.3, 0.4) is 0 Å². The first kappa shape index (κ1) is 24.2. The number of aromatic nitrogens is 1. The monoisotopic (exact) mass is 445 g/mol. The summed E-state index contributed by atoms with van der Waals surface area (Å²) in [7, 11) is 1.80. The zero-order chi connectivity index (χ0) is 23.3. The van der Waals surface area contributed by atoms with E-state index in [0.717, 1.165) is 18.4 Å². The van der Waals surface area contributed by atoms with Gasteiger partial charge in [0.15, 0.2) is 0 Å². The summed E-state index contributed by atoms with van der Waals surface area (Å²) in [6.45, 7) is 7.63. The molecule has 0 spiro atoms. The number of hydrogen-bond donors (Lipinski definition) is 1. The second-order valence-corrected chi connectivity index (χ2v) is 8.85. The summed E-state index contributed by atoms with van der Waals surface area (Å²) in [5, 5.41) is 9.75. The van der Waals surface area contributed by atoms with Gasteiger partial charge in [-0.1, -0.05) is 19.1 Å². The van der Waals surface area contributed by atoms with Crippen molar-refractivity contribution in [2.75, 3.05) is 40.0 Å². The van der Waals surface area contributed by atoms with Gasteiger partial charge in [-0.3, -0.25) is 9.59 Å². The normalized spacial score (nSPS) is 23.3. The number of fused-ring (bicyclic) bond motifs is 1. The number of allylic oxidation sites excluding steroid dienone is 1. The molecule has 2 amide bonds. The molecule has 8 heteroatoms. The molecule has 8 nitrogen and oxygen atoms in total. The molecule has 0 unspecified atom stereocenters. The fourth-order valence-corrected chi connectivity index (χ4v) is 4.24. The van der Waals surface area contributed by atoms with Gasteiger partial charge in [-0.05, 0) is 38.3 Å². The number of nitrogens with zero attached hydrogens (tertiary/aromatic N) is 3. The summed E-state index contributed by atoms with van der Waals surface area (Å²) in [5.74, 6) is 0.0561. The van der Waals surface area contributed by atoms with Gasteiger partial charge in [0, 0.05) is 44.8 Å². The van der Waals surface area contributed by atoms with Gasteiger partial charge in [0.2, 0.25) is 11.8 Å². The molecule has 0 bridgehead atoms. The molecule has 2 aliphatic heterocycles. The summed E-state index contributed by atoms with van der Waals surface area (Å²) < 4.78 is 11.6. The van der Waals surface area contributed by atoms with Crippen molar-refractivity contribution < 1.29 is 24.2 Å². The molecular formula is C24H35N3O5. The van der Waals surface area contributed by atoms with Crippen molar-refractivity contribution in [1.82, 2.24) is 14.8 Å². The summed E-state index contributed by atoms with van der Waals surface area (Å²) in [4.78, 5) is 34.1. The molecule has 2 aliphatic rings. The molecule has 32 heavy (non-hydrogen) atoms. The molecule has 3 heterocycles. The van der Waals surface area contributed by atoms with E-state index in [0.29, 0.717) is 31.9 Å². The molecular weight excluding hydrogens is 410 g/mol. The Kier molecular flexibility index (Phi) is 8.26. The SMILES string of the molecule is C/C=C/c1cnc2c(c1)C(=O)N([C@@H](C)CO)C[C@H](C)[C@H](CN(C)C(=O)C1CCOCC1)O2. The number of hydrogen-bond acceptors (Lipinski definition) is 6. The lowest BCUT2D eigenvalue weighted by molar-refractivity contribution is -0.138. The predicted molar refractivity (Wildman–Crippen MR) is 121 cm³/mol. The van der Waals surface area contributed by atoms with Gasteiger partial charge in [-0.25, -0.2) is 4.98 Å². The number of carbonyl (C=O) groups is 2. The Hall–Kier alpha value is -2.45. The van der Waals surface area contributed by atoms with Crippen LogP contribution < -0.4 is 4.74 Å². The highest BCUT2D eigenvalue weighted by Gasteiger charge is 2.35. The topological polar surface area (TPSA) is 92.2 Å². The van der Waals surface area contributed by atoms with Crippen LogP contribution in [0.4, 0.5) is 0 Å². The van der Waals surface area contributed by atoms with Crippen LogP contribution in [-0.4, -0.2) is 83.8 Å². The van der Waals surface area contributed by atoms with Gasteiger partial charge in [-0.15, -0.1) is 0 Å². The van der Waals surface area contributed by atoms with E-state index >= 15 is 0 Å². The minimum atomic E-state index is -0.344. The minimum absolute atomic E-state index is 0.0288. The van der Waals surface area contributed by atoms with Crippen molar-refractivity contribution in [3.05, 3.63) is 29.5 Å². The number of carbonyl (C=O) groups excluding carboxylic acids is 2. The summed E-state index contributed by atoms with van der Waals surface area (Å²) >= 11 is 0. The highest BCUT2D eigenvalue weighted by molar-refractivity contribution is 5.97. The van der Waals surface area contributed by atoms with E-state index in [1.807, 2.05) is 32.9 Å². The Morgan fingerprint density at radius 3 is 2.78 bits per heavy atom. The molecule has 1 saturated heterocycles. The van der Waals surface area contributed by atoms with Gasteiger partial charge in [0.25, 0.3) is 5.91 Å². The lowest BCUT2D eigenvalue weighted by Crippen LogP contribution is -2.51. The average molecular weight is 446 g/mol. The molecule has 1 aromatic rings. The number of amides is 2. The Labute approximate surface area is 190 Å². The molecule has 3 atom stereocenters. The number of rotatable bonds is 6. The van der Waals surface area contributed by atoms with Crippen molar-refractivity contribution in [2.24, 2.45) is 11.8 Å². The van der Waals surface area contributed by atoms with Gasteiger partial charge in [0.1, 0.15) is 11.7 Å². The zero-order valence-electron chi connectivity index (χ0n) is 19.5. The third-order valence-corrected chi connectivity index (χ3v) is 6.30. The van der Waals surface area contributed by atoms with Crippen LogP contribution >= 0.6 is 0 Å². The lowest BCUT2D eigenvalue weighted by atomic mass is 9.97. The zero-order valence-corrected chi connectivity index (χ0v) is 19.5. The van der Waals surface area contributed by atoms with E-state index in [4.69, 9.17) is 9.47 Å². The first-order valence-corrected chi connectivity index (χ1v) is 11.4. The molecule has 0 saturated carbocycles. The van der Waals surface area contributed by atoms with Gasteiger partial charge >= 0.3 is 0 Å². The molecule has 1 N–H and O–H groups in total. The maximum absolute atomic E-state index is 13.3. The third-order valence-electron chi connectivity index (χ3n) is 6.30. The van der Waals surface area contributed by atoms with E-state index in [-0.39, 0.29) is 48.3 Å². The fourth-order valence-electron chi connectivity index (χ4n) is 4.24. The van der Waals surface area contributed by atoms with E-state index in [1.165, 1.54) is 0 Å². The number of pyridine rings is 1. The van der Waals surface area contributed by atoms with Crippen molar-refractivity contribution in [3.8, 4) is 5.88 Å². The van der Waals surface area contributed by atoms with E-state index in [9.17, 15) is 14.7 Å². The van der Waals surface area contributed by atoms with Crippen LogP contribution in [0.1, 0.15) is 49.5 Å². The average Bonchev–Trinajstić information content (AvgIpc) is 2.81. The maximum Gasteiger partial charge on any atom is 0.259 e.